The van der Waals surface area contributed by atoms with Gasteiger partial charge in [-0.15, -0.1) is 0 Å². The summed E-state index contributed by atoms with van der Waals surface area (Å²) in [4.78, 5) is 13.3. The first-order valence-electron chi connectivity index (χ1n) is 9.40. The largest absolute Gasteiger partial charge is 0.395 e. The van der Waals surface area contributed by atoms with Gasteiger partial charge in [0.25, 0.3) is 0 Å². The fourth-order valence-corrected chi connectivity index (χ4v) is 3.53. The highest BCUT2D eigenvalue weighted by Gasteiger charge is 2.35. The van der Waals surface area contributed by atoms with Gasteiger partial charge in [0, 0.05) is 41.3 Å². The van der Waals surface area contributed by atoms with Crippen molar-refractivity contribution >= 4 is 17.3 Å². The number of aryl methyl sites for hydroxylation is 2. The highest BCUT2D eigenvalue weighted by atomic mass is 16.3. The van der Waals surface area contributed by atoms with Crippen molar-refractivity contribution in [3.8, 4) is 17.3 Å². The molecular weight excluding hydrogens is 364 g/mol. The first kappa shape index (κ1) is 18.8. The number of nitrogens with zero attached hydrogens (tertiary/aromatic N) is 4. The number of benzene rings is 1. The third-order valence-electron chi connectivity index (χ3n) is 5.35. The zero-order valence-corrected chi connectivity index (χ0v) is 16.6. The minimum Gasteiger partial charge on any atom is -0.395 e. The molecular formula is C22H22N6O. The maximum atomic E-state index is 9.89. The van der Waals surface area contributed by atoms with Crippen LogP contribution in [0.5, 0.6) is 0 Å². The molecule has 1 atom stereocenters. The summed E-state index contributed by atoms with van der Waals surface area (Å²) in [6, 6.07) is 9.85. The van der Waals surface area contributed by atoms with Crippen LogP contribution in [-0.2, 0) is 5.41 Å². The number of pyridine rings is 1. The second-order valence-corrected chi connectivity index (χ2v) is 7.66. The maximum Gasteiger partial charge on any atom is 0.227 e. The van der Waals surface area contributed by atoms with Gasteiger partial charge in [0.05, 0.1) is 23.6 Å². The van der Waals surface area contributed by atoms with E-state index in [1.807, 2.05) is 51.2 Å². The van der Waals surface area contributed by atoms with Gasteiger partial charge in [-0.05, 0) is 49.2 Å². The Kier molecular flexibility index (Phi) is 4.65. The van der Waals surface area contributed by atoms with E-state index in [1.165, 1.54) is 0 Å². The Labute approximate surface area is 169 Å². The van der Waals surface area contributed by atoms with Crippen molar-refractivity contribution in [1.29, 1.82) is 5.26 Å². The molecule has 3 N–H and O–H groups in total. The number of rotatable bonds is 4. The molecule has 0 spiro atoms. The number of aliphatic hydroxyl groups excluding tert-OH is 1. The number of fused-ring (bicyclic) bond motifs is 1. The van der Waals surface area contributed by atoms with E-state index in [0.717, 1.165) is 33.8 Å². The summed E-state index contributed by atoms with van der Waals surface area (Å²) in [5.74, 6) is 0.471. The highest BCUT2D eigenvalue weighted by molar-refractivity contribution is 5.76. The zero-order chi connectivity index (χ0) is 20.6. The fraction of sp³-hybridized carbons (Fsp3) is 0.273. The molecule has 0 bridgehead atoms. The van der Waals surface area contributed by atoms with Crippen molar-refractivity contribution in [1.82, 2.24) is 15.0 Å². The van der Waals surface area contributed by atoms with Crippen molar-refractivity contribution < 1.29 is 5.11 Å². The number of aromatic nitrogens is 3. The van der Waals surface area contributed by atoms with Crippen LogP contribution >= 0.6 is 0 Å². The topological polar surface area (TPSA) is 107 Å². The third-order valence-corrected chi connectivity index (χ3v) is 5.35. The first-order chi connectivity index (χ1) is 13.9. The number of nitrogens with one attached hydrogen (secondary N) is 2. The molecule has 1 aromatic carbocycles. The monoisotopic (exact) mass is 386 g/mol. The molecule has 1 aliphatic rings. The predicted octanol–water partition coefficient (Wildman–Crippen LogP) is 3.45. The summed E-state index contributed by atoms with van der Waals surface area (Å²) in [6.07, 6.45) is 3.50. The fourth-order valence-electron chi connectivity index (χ4n) is 3.53. The van der Waals surface area contributed by atoms with Crippen molar-refractivity contribution in [2.24, 2.45) is 0 Å². The van der Waals surface area contributed by atoms with Gasteiger partial charge in [-0.2, -0.15) is 5.26 Å². The Morgan fingerprint density at radius 3 is 2.86 bits per heavy atom. The van der Waals surface area contributed by atoms with Crippen LogP contribution in [0.1, 0.15) is 29.3 Å². The summed E-state index contributed by atoms with van der Waals surface area (Å²) in [7, 11) is 0. The summed E-state index contributed by atoms with van der Waals surface area (Å²) in [6.45, 7) is 6.48. The Morgan fingerprint density at radius 2 is 2.10 bits per heavy atom. The van der Waals surface area contributed by atoms with Crippen molar-refractivity contribution in [3.05, 3.63) is 59.0 Å². The van der Waals surface area contributed by atoms with Crippen LogP contribution < -0.4 is 10.6 Å². The average molecular weight is 386 g/mol. The summed E-state index contributed by atoms with van der Waals surface area (Å²) in [5.41, 5.74) is 6.17. The number of nitriles is 1. The van der Waals surface area contributed by atoms with Gasteiger partial charge in [-0.1, -0.05) is 6.92 Å². The van der Waals surface area contributed by atoms with Crippen LogP contribution in [0.2, 0.25) is 0 Å². The number of hydrogen-bond donors (Lipinski definition) is 3. The average Bonchev–Trinajstić information content (AvgIpc) is 3.08. The Morgan fingerprint density at radius 1 is 1.28 bits per heavy atom. The molecule has 0 aliphatic carbocycles. The molecule has 0 unspecified atom stereocenters. The van der Waals surface area contributed by atoms with Gasteiger partial charge in [-0.3, -0.25) is 4.98 Å². The summed E-state index contributed by atoms with van der Waals surface area (Å²) >= 11 is 0. The number of anilines is 3. The highest BCUT2D eigenvalue weighted by Crippen LogP contribution is 2.41. The molecule has 29 heavy (non-hydrogen) atoms. The molecule has 7 nitrogen and oxygen atoms in total. The van der Waals surface area contributed by atoms with Gasteiger partial charge < -0.3 is 15.7 Å². The van der Waals surface area contributed by atoms with Gasteiger partial charge in [0.1, 0.15) is 6.07 Å². The van der Waals surface area contributed by atoms with Crippen molar-refractivity contribution in [3.63, 3.8) is 0 Å². The SMILES string of the molecule is Cc1cc(Nc2nccc(-c3cc(C#N)c4c(c3)[C@@](C)(CO)CN4)n2)c(C)cn1. The molecule has 0 radical (unpaired) electrons. The van der Waals surface area contributed by atoms with Crippen molar-refractivity contribution in [2.75, 3.05) is 23.8 Å². The van der Waals surface area contributed by atoms with Crippen LogP contribution in [-0.4, -0.2) is 33.2 Å². The zero-order valence-electron chi connectivity index (χ0n) is 16.6. The normalized spacial score (nSPS) is 17.3. The van der Waals surface area contributed by atoms with Gasteiger partial charge in [0.2, 0.25) is 5.95 Å². The van der Waals surface area contributed by atoms with E-state index in [4.69, 9.17) is 0 Å². The molecule has 0 saturated heterocycles. The second-order valence-electron chi connectivity index (χ2n) is 7.66. The standard InChI is InChI=1S/C22H22N6O/c1-13-10-25-14(2)6-19(13)28-21-24-5-4-18(27-21)15-7-16(9-23)20-17(8-15)22(3,12-29)11-26-20/h4-8,10,26,29H,11-12H2,1-3H3,(H,24,25,27,28)/t22-/m1/s1. The summed E-state index contributed by atoms with van der Waals surface area (Å²) in [5, 5.41) is 26.0. The number of hydrogen-bond acceptors (Lipinski definition) is 7. The molecule has 0 saturated carbocycles. The molecule has 4 rings (SSSR count). The molecule has 3 heterocycles. The minimum absolute atomic E-state index is 0.00142. The van der Waals surface area contributed by atoms with Crippen LogP contribution in [0.4, 0.5) is 17.3 Å². The lowest BCUT2D eigenvalue weighted by molar-refractivity contribution is 0.219. The lowest BCUT2D eigenvalue weighted by Gasteiger charge is -2.21. The Bertz CT molecular complexity index is 1140. The molecule has 2 aromatic heterocycles. The first-order valence-corrected chi connectivity index (χ1v) is 9.40. The van der Waals surface area contributed by atoms with E-state index in [0.29, 0.717) is 23.8 Å². The lowest BCUT2D eigenvalue weighted by atomic mass is 9.83. The van der Waals surface area contributed by atoms with Crippen LogP contribution in [0.15, 0.2) is 36.7 Å². The van der Waals surface area contributed by atoms with E-state index in [1.54, 1.807) is 6.20 Å². The van der Waals surface area contributed by atoms with Gasteiger partial charge in [0.15, 0.2) is 0 Å². The second kappa shape index (κ2) is 7.15. The van der Waals surface area contributed by atoms with E-state index >= 15 is 0 Å². The van der Waals surface area contributed by atoms with E-state index in [-0.39, 0.29) is 6.61 Å². The molecule has 0 fully saturated rings. The molecule has 0 amide bonds. The van der Waals surface area contributed by atoms with Crippen LogP contribution in [0, 0.1) is 25.2 Å². The van der Waals surface area contributed by atoms with Crippen LogP contribution in [0.25, 0.3) is 11.3 Å². The van der Waals surface area contributed by atoms with E-state index in [9.17, 15) is 10.4 Å². The summed E-state index contributed by atoms with van der Waals surface area (Å²) < 4.78 is 0. The molecule has 3 aromatic rings. The maximum absolute atomic E-state index is 9.89. The lowest BCUT2D eigenvalue weighted by Crippen LogP contribution is -2.28. The molecule has 146 valence electrons. The smallest absolute Gasteiger partial charge is 0.227 e. The third kappa shape index (κ3) is 3.39. The Hall–Kier alpha value is -3.50. The number of aliphatic hydroxyl groups is 1. The van der Waals surface area contributed by atoms with E-state index < -0.39 is 5.41 Å². The van der Waals surface area contributed by atoms with E-state index in [2.05, 4.69) is 31.7 Å². The Balaban J connectivity index is 1.75. The predicted molar refractivity (Wildman–Crippen MR) is 112 cm³/mol. The van der Waals surface area contributed by atoms with Crippen molar-refractivity contribution in [2.45, 2.75) is 26.2 Å². The molecule has 1 aliphatic heterocycles. The minimum atomic E-state index is -0.434. The molecule has 7 heteroatoms. The quantitative estimate of drug-likeness (QED) is 0.630. The van der Waals surface area contributed by atoms with Gasteiger partial charge >= 0.3 is 0 Å². The van der Waals surface area contributed by atoms with Crippen LogP contribution in [0.3, 0.4) is 0 Å². The van der Waals surface area contributed by atoms with Gasteiger partial charge in [-0.25, -0.2) is 9.97 Å².